The molecule has 0 spiro atoms. The van der Waals surface area contributed by atoms with Gasteiger partial charge in [-0.15, -0.1) is 0 Å². The predicted molar refractivity (Wildman–Crippen MR) is 64.6 cm³/mol. The molecule has 18 heavy (non-hydrogen) atoms. The number of aromatic nitrogens is 2. The van der Waals surface area contributed by atoms with Gasteiger partial charge in [-0.05, 0) is 19.8 Å². The molecule has 2 heterocycles. The molecule has 2 rings (SSSR count). The van der Waals surface area contributed by atoms with Crippen molar-refractivity contribution in [3.63, 3.8) is 0 Å². The molecule has 0 saturated carbocycles. The van der Waals surface area contributed by atoms with Crippen molar-refractivity contribution in [2.75, 3.05) is 11.5 Å². The van der Waals surface area contributed by atoms with Crippen molar-refractivity contribution in [2.24, 2.45) is 0 Å². The molecule has 0 aromatic carbocycles. The van der Waals surface area contributed by atoms with E-state index in [0.717, 1.165) is 4.57 Å². The molecule has 8 heteroatoms. The lowest BCUT2D eigenvalue weighted by Gasteiger charge is -2.24. The maximum absolute atomic E-state index is 11.7. The Kier molecular flexibility index (Phi) is 3.05. The number of nitrogens with zero attached hydrogens (tertiary/aromatic N) is 1. The number of aromatic hydroxyl groups is 1. The van der Waals surface area contributed by atoms with Crippen LogP contribution in [-0.2, 0) is 9.84 Å². The minimum atomic E-state index is -3.20. The molecule has 1 aliphatic heterocycles. The maximum Gasteiger partial charge on any atom is 0.331 e. The van der Waals surface area contributed by atoms with Crippen LogP contribution < -0.4 is 11.2 Å². The second-order valence-electron chi connectivity index (χ2n) is 4.49. The van der Waals surface area contributed by atoms with E-state index in [1.165, 1.54) is 6.92 Å². The lowest BCUT2D eigenvalue weighted by Crippen LogP contribution is -2.38. The summed E-state index contributed by atoms with van der Waals surface area (Å²) in [5.41, 5.74) is -1.42. The number of rotatable bonds is 1. The van der Waals surface area contributed by atoms with Crippen molar-refractivity contribution in [3.8, 4) is 5.88 Å². The van der Waals surface area contributed by atoms with Gasteiger partial charge < -0.3 is 5.11 Å². The van der Waals surface area contributed by atoms with E-state index in [4.69, 9.17) is 0 Å². The molecule has 1 aliphatic rings. The quantitative estimate of drug-likeness (QED) is 0.703. The summed E-state index contributed by atoms with van der Waals surface area (Å²) in [4.78, 5) is 25.0. The van der Waals surface area contributed by atoms with Gasteiger partial charge in [-0.1, -0.05) is 0 Å². The van der Waals surface area contributed by atoms with E-state index >= 15 is 0 Å². The van der Waals surface area contributed by atoms with Crippen molar-refractivity contribution < 1.29 is 13.5 Å². The summed E-state index contributed by atoms with van der Waals surface area (Å²) < 4.78 is 24.0. The van der Waals surface area contributed by atoms with E-state index in [2.05, 4.69) is 4.98 Å². The van der Waals surface area contributed by atoms with Crippen molar-refractivity contribution in [3.05, 3.63) is 26.4 Å². The van der Waals surface area contributed by atoms with Gasteiger partial charge in [0.25, 0.3) is 5.56 Å². The Morgan fingerprint density at radius 1 is 1.39 bits per heavy atom. The Morgan fingerprint density at radius 3 is 2.67 bits per heavy atom. The third kappa shape index (κ3) is 2.20. The predicted octanol–water partition coefficient (Wildman–Crippen LogP) is -0.700. The molecule has 7 nitrogen and oxygen atoms in total. The lowest BCUT2D eigenvalue weighted by atomic mass is 10.2. The topological polar surface area (TPSA) is 109 Å². The molecule has 0 amide bonds. The van der Waals surface area contributed by atoms with Crippen molar-refractivity contribution in [1.29, 1.82) is 0 Å². The molecule has 0 radical (unpaired) electrons. The monoisotopic (exact) mass is 274 g/mol. The highest BCUT2D eigenvalue weighted by Gasteiger charge is 2.29. The second-order valence-corrected chi connectivity index (χ2v) is 6.72. The first-order chi connectivity index (χ1) is 8.32. The highest BCUT2D eigenvalue weighted by atomic mass is 32.2. The third-order valence-corrected chi connectivity index (χ3v) is 4.95. The van der Waals surface area contributed by atoms with E-state index in [0.29, 0.717) is 12.8 Å². The molecule has 2 N–H and O–H groups in total. The summed E-state index contributed by atoms with van der Waals surface area (Å²) >= 11 is 0. The second kappa shape index (κ2) is 4.27. The molecule has 100 valence electrons. The van der Waals surface area contributed by atoms with Crippen LogP contribution in [0.15, 0.2) is 9.59 Å². The number of hydrogen-bond acceptors (Lipinski definition) is 5. The first-order valence-electron chi connectivity index (χ1n) is 5.56. The van der Waals surface area contributed by atoms with Crippen LogP contribution in [0.3, 0.4) is 0 Å². The fraction of sp³-hybridized carbons (Fsp3) is 0.600. The van der Waals surface area contributed by atoms with Crippen molar-refractivity contribution in [1.82, 2.24) is 9.55 Å². The van der Waals surface area contributed by atoms with E-state index < -0.39 is 33.0 Å². The van der Waals surface area contributed by atoms with Gasteiger partial charge in [0, 0.05) is 0 Å². The normalized spacial score (nSPS) is 22.8. The molecular weight excluding hydrogens is 260 g/mol. The molecule has 1 atom stereocenters. The Hall–Kier alpha value is -1.57. The minimum absolute atomic E-state index is 0.0116. The molecule has 1 fully saturated rings. The SMILES string of the molecule is Cc1c(O)n(C2CCCS(=O)(=O)C2)c(=O)[nH]c1=O. The number of aromatic amines is 1. The van der Waals surface area contributed by atoms with Crippen LogP contribution in [0.25, 0.3) is 0 Å². The van der Waals surface area contributed by atoms with Gasteiger partial charge in [-0.25, -0.2) is 13.2 Å². The zero-order valence-corrected chi connectivity index (χ0v) is 10.7. The Balaban J connectivity index is 2.56. The van der Waals surface area contributed by atoms with Gasteiger partial charge in [0.1, 0.15) is 0 Å². The summed E-state index contributed by atoms with van der Waals surface area (Å²) in [6, 6.07) is -0.619. The van der Waals surface area contributed by atoms with E-state index in [1.807, 2.05) is 0 Å². The summed E-state index contributed by atoms with van der Waals surface area (Å²) in [5, 5.41) is 9.83. The molecule has 0 bridgehead atoms. The standard InChI is InChI=1S/C10H14N2O5S/c1-6-8(13)11-10(15)12(9(6)14)7-3-2-4-18(16,17)5-7/h7,14H,2-5H2,1H3,(H,11,13,15). The van der Waals surface area contributed by atoms with Crippen LogP contribution in [0.2, 0.25) is 0 Å². The Bertz CT molecular complexity index is 685. The zero-order chi connectivity index (χ0) is 13.5. The summed E-state index contributed by atoms with van der Waals surface area (Å²) in [6.45, 7) is 1.38. The van der Waals surface area contributed by atoms with Gasteiger partial charge >= 0.3 is 5.69 Å². The Morgan fingerprint density at radius 2 is 2.06 bits per heavy atom. The fourth-order valence-corrected chi connectivity index (χ4v) is 3.85. The van der Waals surface area contributed by atoms with Gasteiger partial charge in [-0.2, -0.15) is 0 Å². The van der Waals surface area contributed by atoms with Crippen molar-refractivity contribution in [2.45, 2.75) is 25.8 Å². The van der Waals surface area contributed by atoms with Crippen LogP contribution in [0.1, 0.15) is 24.4 Å². The number of nitrogens with one attached hydrogen (secondary N) is 1. The molecule has 1 aromatic heterocycles. The van der Waals surface area contributed by atoms with Gasteiger partial charge in [-0.3, -0.25) is 14.3 Å². The number of hydrogen-bond donors (Lipinski definition) is 2. The Labute approximate surface area is 103 Å². The smallest absolute Gasteiger partial charge is 0.331 e. The third-order valence-electron chi connectivity index (χ3n) is 3.15. The summed E-state index contributed by atoms with van der Waals surface area (Å²) in [5.74, 6) is -0.543. The summed E-state index contributed by atoms with van der Waals surface area (Å²) in [6.07, 6.45) is 0.926. The lowest BCUT2D eigenvalue weighted by molar-refractivity contribution is 0.353. The van der Waals surface area contributed by atoms with Crippen molar-refractivity contribution >= 4 is 9.84 Å². The average molecular weight is 274 g/mol. The first-order valence-corrected chi connectivity index (χ1v) is 7.39. The zero-order valence-electron chi connectivity index (χ0n) is 9.84. The van der Waals surface area contributed by atoms with Crippen LogP contribution in [0, 0.1) is 6.92 Å². The van der Waals surface area contributed by atoms with E-state index in [9.17, 15) is 23.1 Å². The molecule has 0 aliphatic carbocycles. The van der Waals surface area contributed by atoms with Gasteiger partial charge in [0.2, 0.25) is 5.88 Å². The first kappa shape index (κ1) is 12.9. The summed E-state index contributed by atoms with van der Waals surface area (Å²) in [7, 11) is -3.20. The van der Waals surface area contributed by atoms with Gasteiger partial charge in [0.15, 0.2) is 9.84 Å². The van der Waals surface area contributed by atoms with Crippen LogP contribution in [0.4, 0.5) is 0 Å². The van der Waals surface area contributed by atoms with Gasteiger partial charge in [0.05, 0.1) is 23.1 Å². The maximum atomic E-state index is 11.7. The molecule has 1 saturated heterocycles. The van der Waals surface area contributed by atoms with Crippen LogP contribution >= 0.6 is 0 Å². The van der Waals surface area contributed by atoms with E-state index in [1.54, 1.807) is 0 Å². The van der Waals surface area contributed by atoms with Crippen LogP contribution in [0.5, 0.6) is 5.88 Å². The highest BCUT2D eigenvalue weighted by Crippen LogP contribution is 2.25. The average Bonchev–Trinajstić information content (AvgIpc) is 2.25. The largest absolute Gasteiger partial charge is 0.494 e. The fourth-order valence-electron chi connectivity index (χ4n) is 2.17. The molecule has 1 aromatic rings. The van der Waals surface area contributed by atoms with Crippen LogP contribution in [-0.4, -0.2) is 34.6 Å². The molecular formula is C10H14N2O5S. The molecule has 1 unspecified atom stereocenters. The minimum Gasteiger partial charge on any atom is -0.494 e. The highest BCUT2D eigenvalue weighted by molar-refractivity contribution is 7.91. The number of sulfone groups is 1. The van der Waals surface area contributed by atoms with E-state index in [-0.39, 0.29) is 17.1 Å². The number of H-pyrrole nitrogens is 1.